The third-order valence-electron chi connectivity index (χ3n) is 6.12. The molecular formula is C21H32N6O3. The van der Waals surface area contributed by atoms with Gasteiger partial charge in [-0.1, -0.05) is 0 Å². The number of carbonyl (C=O) groups excluding carboxylic acids is 1. The van der Waals surface area contributed by atoms with Crippen LogP contribution in [0.1, 0.15) is 23.2 Å². The molecule has 0 radical (unpaired) electrons. The third kappa shape index (κ3) is 4.46. The van der Waals surface area contributed by atoms with Crippen LogP contribution in [0.2, 0.25) is 0 Å². The van der Waals surface area contributed by atoms with Gasteiger partial charge in [0.05, 0.1) is 5.39 Å². The number of nitrogens with one attached hydrogen (secondary N) is 1. The van der Waals surface area contributed by atoms with Crippen molar-refractivity contribution in [3.63, 3.8) is 0 Å². The van der Waals surface area contributed by atoms with E-state index in [1.165, 1.54) is 11.6 Å². The van der Waals surface area contributed by atoms with E-state index in [0.717, 1.165) is 54.1 Å². The second-order valence-electron chi connectivity index (χ2n) is 8.20. The lowest BCUT2D eigenvalue weighted by Gasteiger charge is -2.32. The minimum atomic E-state index is -0.397. The van der Waals surface area contributed by atoms with Gasteiger partial charge in [0.1, 0.15) is 5.65 Å². The van der Waals surface area contributed by atoms with Crippen molar-refractivity contribution >= 4 is 16.9 Å². The summed E-state index contributed by atoms with van der Waals surface area (Å²) in [5, 5.41) is 3.44. The number of aromatic nitrogens is 3. The van der Waals surface area contributed by atoms with Gasteiger partial charge in [-0.15, -0.1) is 0 Å². The fraction of sp³-hybridized carbons (Fsp3) is 0.619. The van der Waals surface area contributed by atoms with Crippen LogP contribution in [-0.4, -0.2) is 76.1 Å². The van der Waals surface area contributed by atoms with Crippen molar-refractivity contribution in [1.29, 1.82) is 0 Å². The normalized spacial score (nSPS) is 15.6. The predicted octanol–water partition coefficient (Wildman–Crippen LogP) is -0.455. The van der Waals surface area contributed by atoms with Gasteiger partial charge in [0, 0.05) is 65.5 Å². The van der Waals surface area contributed by atoms with Crippen molar-refractivity contribution in [3.8, 4) is 0 Å². The van der Waals surface area contributed by atoms with E-state index in [0.29, 0.717) is 30.4 Å². The molecule has 2 aromatic rings. The van der Waals surface area contributed by atoms with E-state index < -0.39 is 5.69 Å². The van der Waals surface area contributed by atoms with Crippen LogP contribution in [0.4, 0.5) is 0 Å². The number of likely N-dealkylation sites (N-methyl/N-ethyl adjacent to an activating group) is 1. The van der Waals surface area contributed by atoms with Gasteiger partial charge in [0.2, 0.25) is 5.91 Å². The van der Waals surface area contributed by atoms with E-state index in [4.69, 9.17) is 0 Å². The second kappa shape index (κ2) is 9.09. The van der Waals surface area contributed by atoms with Crippen molar-refractivity contribution in [2.24, 2.45) is 14.1 Å². The molecule has 0 bridgehead atoms. The highest BCUT2D eigenvalue weighted by Crippen LogP contribution is 2.20. The summed E-state index contributed by atoms with van der Waals surface area (Å²) in [4.78, 5) is 46.4. The molecule has 0 spiro atoms. The van der Waals surface area contributed by atoms with Crippen LogP contribution in [0.25, 0.3) is 11.0 Å². The molecule has 0 unspecified atom stereocenters. The fourth-order valence-corrected chi connectivity index (χ4v) is 4.06. The first-order chi connectivity index (χ1) is 14.2. The molecule has 1 aliphatic rings. The van der Waals surface area contributed by atoms with Crippen LogP contribution >= 0.6 is 0 Å². The molecule has 3 rings (SSSR count). The van der Waals surface area contributed by atoms with Crippen molar-refractivity contribution < 1.29 is 4.79 Å². The number of amides is 1. The first kappa shape index (κ1) is 22.2. The summed E-state index contributed by atoms with van der Waals surface area (Å²) in [5.74, 6) is -0.00334. The molecule has 164 valence electrons. The Kier molecular flexibility index (Phi) is 6.72. The Hall–Kier alpha value is -2.52. The van der Waals surface area contributed by atoms with Crippen LogP contribution in [0.15, 0.2) is 9.59 Å². The minimum Gasteiger partial charge on any atom is -0.355 e. The Balaban J connectivity index is 1.66. The molecule has 1 aliphatic heterocycles. The maximum Gasteiger partial charge on any atom is 0.332 e. The molecule has 1 amide bonds. The molecule has 1 fully saturated rings. The number of fused-ring (bicyclic) bond motifs is 1. The Morgan fingerprint density at radius 1 is 1.03 bits per heavy atom. The molecular weight excluding hydrogens is 384 g/mol. The highest BCUT2D eigenvalue weighted by molar-refractivity contribution is 5.80. The molecule has 9 heteroatoms. The molecule has 30 heavy (non-hydrogen) atoms. The largest absolute Gasteiger partial charge is 0.355 e. The number of rotatable bonds is 6. The second-order valence-corrected chi connectivity index (χ2v) is 8.20. The highest BCUT2D eigenvalue weighted by atomic mass is 16.2. The Morgan fingerprint density at radius 2 is 1.70 bits per heavy atom. The fourth-order valence-electron chi connectivity index (χ4n) is 4.06. The van der Waals surface area contributed by atoms with Gasteiger partial charge in [-0.05, 0) is 38.4 Å². The summed E-state index contributed by atoms with van der Waals surface area (Å²) in [6.07, 6.45) is 0.844. The number of aryl methyl sites for hydroxylation is 3. The summed E-state index contributed by atoms with van der Waals surface area (Å²) in [5.41, 5.74) is 2.07. The molecule has 1 saturated heterocycles. The van der Waals surface area contributed by atoms with Gasteiger partial charge in [0.15, 0.2) is 0 Å². The van der Waals surface area contributed by atoms with E-state index >= 15 is 0 Å². The minimum absolute atomic E-state index is 0.00334. The van der Waals surface area contributed by atoms with E-state index in [-0.39, 0.29) is 11.5 Å². The Labute approximate surface area is 176 Å². The topological polar surface area (TPSA) is 92.5 Å². The molecule has 0 atom stereocenters. The van der Waals surface area contributed by atoms with Crippen LogP contribution < -0.4 is 16.6 Å². The van der Waals surface area contributed by atoms with Crippen molar-refractivity contribution in [1.82, 2.24) is 29.2 Å². The molecule has 0 aliphatic carbocycles. The van der Waals surface area contributed by atoms with E-state index in [2.05, 4.69) is 27.1 Å². The zero-order valence-electron chi connectivity index (χ0n) is 18.6. The lowest BCUT2D eigenvalue weighted by atomic mass is 10.00. The third-order valence-corrected chi connectivity index (χ3v) is 6.12. The van der Waals surface area contributed by atoms with Gasteiger partial charge in [-0.2, -0.15) is 0 Å². The van der Waals surface area contributed by atoms with E-state index in [1.54, 1.807) is 7.05 Å². The van der Waals surface area contributed by atoms with Gasteiger partial charge in [0.25, 0.3) is 5.56 Å². The summed E-state index contributed by atoms with van der Waals surface area (Å²) >= 11 is 0. The van der Waals surface area contributed by atoms with Crippen molar-refractivity contribution in [2.45, 2.75) is 26.7 Å². The maximum atomic E-state index is 12.7. The predicted molar refractivity (Wildman–Crippen MR) is 117 cm³/mol. The van der Waals surface area contributed by atoms with Crippen molar-refractivity contribution in [3.05, 3.63) is 37.7 Å². The summed E-state index contributed by atoms with van der Waals surface area (Å²) in [6.45, 7) is 9.41. The van der Waals surface area contributed by atoms with Crippen LogP contribution in [0.5, 0.6) is 0 Å². The smallest absolute Gasteiger partial charge is 0.332 e. The average molecular weight is 417 g/mol. The van der Waals surface area contributed by atoms with E-state index in [9.17, 15) is 14.4 Å². The number of nitrogens with zero attached hydrogens (tertiary/aromatic N) is 5. The van der Waals surface area contributed by atoms with E-state index in [1.807, 2.05) is 13.8 Å². The Morgan fingerprint density at radius 3 is 2.37 bits per heavy atom. The number of carbonyl (C=O) groups is 1. The number of hydrogen-bond acceptors (Lipinski definition) is 6. The molecule has 2 aromatic heterocycles. The summed E-state index contributed by atoms with van der Waals surface area (Å²) < 4.78 is 2.49. The lowest BCUT2D eigenvalue weighted by molar-refractivity contribution is -0.121. The Bertz CT molecular complexity index is 1060. The molecule has 0 saturated carbocycles. The monoisotopic (exact) mass is 416 g/mol. The SMILES string of the molecule is Cc1nc2c(c(C)c1CCC(=O)NCCN1CCN(C)CC1)c(=O)n(C)c(=O)n2C. The summed E-state index contributed by atoms with van der Waals surface area (Å²) in [6, 6.07) is 0. The maximum absolute atomic E-state index is 12.7. The zero-order chi connectivity index (χ0) is 22.0. The average Bonchev–Trinajstić information content (AvgIpc) is 2.71. The molecule has 1 N–H and O–H groups in total. The highest BCUT2D eigenvalue weighted by Gasteiger charge is 2.18. The standard InChI is InChI=1S/C21H32N6O3/c1-14-16(6-7-17(28)22-8-9-27-12-10-24(3)11-13-27)15(2)23-19-18(14)20(29)26(5)21(30)25(19)4/h6-13H2,1-5H3,(H,22,28). The zero-order valence-corrected chi connectivity index (χ0v) is 18.6. The van der Waals surface area contributed by atoms with Gasteiger partial charge < -0.3 is 10.2 Å². The molecule has 9 nitrogen and oxygen atoms in total. The van der Waals surface area contributed by atoms with Gasteiger partial charge in [-0.3, -0.25) is 23.6 Å². The quantitative estimate of drug-likeness (QED) is 0.686. The number of pyridine rings is 1. The van der Waals surface area contributed by atoms with Crippen LogP contribution in [0, 0.1) is 13.8 Å². The lowest BCUT2D eigenvalue weighted by Crippen LogP contribution is -2.46. The molecule has 0 aromatic carbocycles. The molecule has 3 heterocycles. The number of piperazine rings is 1. The first-order valence-corrected chi connectivity index (χ1v) is 10.4. The van der Waals surface area contributed by atoms with Crippen LogP contribution in [-0.2, 0) is 25.3 Å². The van der Waals surface area contributed by atoms with Gasteiger partial charge >= 0.3 is 5.69 Å². The van der Waals surface area contributed by atoms with Crippen molar-refractivity contribution in [2.75, 3.05) is 46.3 Å². The number of hydrogen-bond donors (Lipinski definition) is 1. The summed E-state index contributed by atoms with van der Waals surface area (Å²) in [7, 11) is 5.21. The van der Waals surface area contributed by atoms with Gasteiger partial charge in [-0.25, -0.2) is 9.78 Å². The first-order valence-electron chi connectivity index (χ1n) is 10.4. The van der Waals surface area contributed by atoms with Crippen LogP contribution in [0.3, 0.4) is 0 Å².